The first-order valence-electron chi connectivity index (χ1n) is 6.56. The Bertz CT molecular complexity index is 485. The van der Waals surface area contributed by atoms with Crippen LogP contribution in [0, 0.1) is 0 Å². The minimum Gasteiger partial charge on any atom is -0.393 e. The molecule has 102 valence electrons. The number of nitrogens with zero attached hydrogens (tertiary/aromatic N) is 2. The van der Waals surface area contributed by atoms with E-state index in [-0.39, 0.29) is 12.1 Å². The lowest BCUT2D eigenvalue weighted by Crippen LogP contribution is -2.34. The summed E-state index contributed by atoms with van der Waals surface area (Å²) in [7, 11) is 0. The van der Waals surface area contributed by atoms with Crippen molar-refractivity contribution in [2.45, 2.75) is 44.4 Å². The Morgan fingerprint density at radius 2 is 2.11 bits per heavy atom. The van der Waals surface area contributed by atoms with Crippen LogP contribution in [-0.2, 0) is 6.54 Å². The largest absolute Gasteiger partial charge is 0.393 e. The Morgan fingerprint density at radius 1 is 1.32 bits per heavy atom. The molecular formula is C12H17N5O2. The maximum absolute atomic E-state index is 11.2. The highest BCUT2D eigenvalue weighted by Crippen LogP contribution is 2.22. The molecule has 0 aromatic carbocycles. The highest BCUT2D eigenvalue weighted by Gasteiger charge is 2.21. The van der Waals surface area contributed by atoms with Gasteiger partial charge in [0.05, 0.1) is 6.10 Å². The number of nitrogens with one attached hydrogen (secondary N) is 3. The lowest BCUT2D eigenvalue weighted by Gasteiger charge is -2.26. The first-order valence-corrected chi connectivity index (χ1v) is 6.56. The summed E-state index contributed by atoms with van der Waals surface area (Å²) in [6, 6.07) is 0.0526. The van der Waals surface area contributed by atoms with Gasteiger partial charge in [0.25, 0.3) is 0 Å². The quantitative estimate of drug-likeness (QED) is 0.633. The summed E-state index contributed by atoms with van der Waals surface area (Å²) in [5.41, 5.74) is 0.879. The van der Waals surface area contributed by atoms with Gasteiger partial charge in [0.15, 0.2) is 0 Å². The number of aliphatic hydroxyl groups is 1. The topological polar surface area (TPSA) is 99.2 Å². The minimum atomic E-state index is -0.238. The fourth-order valence-corrected chi connectivity index (χ4v) is 2.44. The van der Waals surface area contributed by atoms with Crippen molar-refractivity contribution in [2.75, 3.05) is 10.6 Å². The van der Waals surface area contributed by atoms with Crippen LogP contribution >= 0.6 is 0 Å². The van der Waals surface area contributed by atoms with Crippen LogP contribution in [-0.4, -0.2) is 33.3 Å². The molecule has 1 aliphatic carbocycles. The van der Waals surface area contributed by atoms with E-state index in [1.165, 1.54) is 0 Å². The van der Waals surface area contributed by atoms with Gasteiger partial charge in [0.1, 0.15) is 5.82 Å². The third kappa shape index (κ3) is 2.76. The van der Waals surface area contributed by atoms with Crippen molar-refractivity contribution in [3.63, 3.8) is 0 Å². The number of urea groups is 1. The zero-order valence-corrected chi connectivity index (χ0v) is 10.5. The number of aliphatic hydroxyl groups excluding tert-OH is 1. The van der Waals surface area contributed by atoms with E-state index in [0.717, 1.165) is 31.2 Å². The predicted octanol–water partition coefficient (Wildman–Crippen LogP) is 0.827. The monoisotopic (exact) mass is 263 g/mol. The number of carbonyl (C=O) groups is 1. The van der Waals surface area contributed by atoms with E-state index in [1.807, 2.05) is 0 Å². The van der Waals surface area contributed by atoms with Crippen LogP contribution in [0.25, 0.3) is 0 Å². The lowest BCUT2D eigenvalue weighted by molar-refractivity contribution is 0.126. The second kappa shape index (κ2) is 5.00. The summed E-state index contributed by atoms with van der Waals surface area (Å²) in [6.45, 7) is 0.455. The number of hydrogen-bond donors (Lipinski definition) is 4. The number of aromatic nitrogens is 2. The molecule has 1 aliphatic heterocycles. The standard InChI is InChI=1S/C12H17N5O2/c18-9-3-1-8(2-4-9)15-11-13-5-7-6-14-12(19)17-10(7)16-11/h5,8-9,18H,1-4,6H2,(H3,13,14,15,16,17,19). The summed E-state index contributed by atoms with van der Waals surface area (Å²) in [4.78, 5) is 19.8. The number of anilines is 2. The highest BCUT2D eigenvalue weighted by molar-refractivity contribution is 5.91. The van der Waals surface area contributed by atoms with E-state index < -0.39 is 0 Å². The van der Waals surface area contributed by atoms with Crippen molar-refractivity contribution >= 4 is 17.8 Å². The molecular weight excluding hydrogens is 246 g/mol. The molecule has 2 heterocycles. The van der Waals surface area contributed by atoms with E-state index in [2.05, 4.69) is 25.9 Å². The van der Waals surface area contributed by atoms with Gasteiger partial charge in [-0.1, -0.05) is 0 Å². The van der Waals surface area contributed by atoms with Gasteiger partial charge in [0.2, 0.25) is 5.95 Å². The van der Waals surface area contributed by atoms with Gasteiger partial charge in [-0.15, -0.1) is 0 Å². The van der Waals surface area contributed by atoms with Crippen molar-refractivity contribution in [2.24, 2.45) is 0 Å². The first-order chi connectivity index (χ1) is 9.20. The summed E-state index contributed by atoms with van der Waals surface area (Å²) in [6.07, 6.45) is 4.99. The van der Waals surface area contributed by atoms with Crippen molar-refractivity contribution < 1.29 is 9.90 Å². The molecule has 0 atom stereocenters. The summed E-state index contributed by atoms with van der Waals surface area (Å²) in [5.74, 6) is 1.10. The SMILES string of the molecule is O=C1NCc2cnc(NC3CCC(O)CC3)nc2N1. The number of fused-ring (bicyclic) bond motifs is 1. The molecule has 0 saturated heterocycles. The molecule has 3 rings (SSSR count). The van der Waals surface area contributed by atoms with Gasteiger partial charge in [-0.25, -0.2) is 9.78 Å². The molecule has 0 unspecified atom stereocenters. The van der Waals surface area contributed by atoms with Gasteiger partial charge in [-0.3, -0.25) is 5.32 Å². The predicted molar refractivity (Wildman–Crippen MR) is 69.8 cm³/mol. The Hall–Kier alpha value is -1.89. The molecule has 2 aliphatic rings. The third-order valence-corrected chi connectivity index (χ3v) is 3.57. The van der Waals surface area contributed by atoms with E-state index in [0.29, 0.717) is 24.4 Å². The van der Waals surface area contributed by atoms with Crippen LogP contribution in [0.3, 0.4) is 0 Å². The second-order valence-electron chi connectivity index (χ2n) is 5.02. The zero-order valence-electron chi connectivity index (χ0n) is 10.5. The molecule has 19 heavy (non-hydrogen) atoms. The fourth-order valence-electron chi connectivity index (χ4n) is 2.44. The zero-order chi connectivity index (χ0) is 13.2. The van der Waals surface area contributed by atoms with Crippen LogP contribution in [0.15, 0.2) is 6.20 Å². The molecule has 0 spiro atoms. The molecule has 1 aromatic rings. The molecule has 2 amide bonds. The third-order valence-electron chi connectivity index (χ3n) is 3.57. The van der Waals surface area contributed by atoms with E-state index in [4.69, 9.17) is 0 Å². The van der Waals surface area contributed by atoms with Crippen LogP contribution in [0.5, 0.6) is 0 Å². The average molecular weight is 263 g/mol. The Morgan fingerprint density at radius 3 is 2.89 bits per heavy atom. The molecule has 0 bridgehead atoms. The number of amides is 2. The van der Waals surface area contributed by atoms with Crippen LogP contribution < -0.4 is 16.0 Å². The summed E-state index contributed by atoms with van der Waals surface area (Å²) >= 11 is 0. The fraction of sp³-hybridized carbons (Fsp3) is 0.583. The molecule has 0 radical (unpaired) electrons. The van der Waals surface area contributed by atoms with Crippen molar-refractivity contribution in [3.8, 4) is 0 Å². The summed E-state index contributed by atoms with van der Waals surface area (Å²) < 4.78 is 0. The molecule has 1 aromatic heterocycles. The lowest BCUT2D eigenvalue weighted by atomic mass is 9.93. The van der Waals surface area contributed by atoms with E-state index in [9.17, 15) is 9.90 Å². The van der Waals surface area contributed by atoms with Crippen molar-refractivity contribution in [3.05, 3.63) is 11.8 Å². The first kappa shape index (κ1) is 12.2. The highest BCUT2D eigenvalue weighted by atomic mass is 16.3. The number of hydrogen-bond acceptors (Lipinski definition) is 5. The molecule has 4 N–H and O–H groups in total. The minimum absolute atomic E-state index is 0.173. The molecule has 7 heteroatoms. The maximum atomic E-state index is 11.2. The van der Waals surface area contributed by atoms with Crippen LogP contribution in [0.1, 0.15) is 31.2 Å². The van der Waals surface area contributed by atoms with Gasteiger partial charge in [-0.2, -0.15) is 4.98 Å². The van der Waals surface area contributed by atoms with Crippen LogP contribution in [0.2, 0.25) is 0 Å². The Balaban J connectivity index is 1.68. The number of rotatable bonds is 2. The number of carbonyl (C=O) groups excluding carboxylic acids is 1. The van der Waals surface area contributed by atoms with Crippen molar-refractivity contribution in [1.29, 1.82) is 0 Å². The van der Waals surface area contributed by atoms with Gasteiger partial charge in [0, 0.05) is 24.3 Å². The van der Waals surface area contributed by atoms with Crippen molar-refractivity contribution in [1.82, 2.24) is 15.3 Å². The molecule has 1 fully saturated rings. The summed E-state index contributed by atoms with van der Waals surface area (Å²) in [5, 5.41) is 18.1. The normalized spacial score (nSPS) is 26.1. The van der Waals surface area contributed by atoms with E-state index >= 15 is 0 Å². The Labute approximate surface area is 110 Å². The van der Waals surface area contributed by atoms with E-state index in [1.54, 1.807) is 6.20 Å². The average Bonchev–Trinajstić information content (AvgIpc) is 2.41. The second-order valence-corrected chi connectivity index (χ2v) is 5.02. The van der Waals surface area contributed by atoms with Gasteiger partial charge < -0.3 is 15.7 Å². The molecule has 7 nitrogen and oxygen atoms in total. The molecule has 1 saturated carbocycles. The van der Waals surface area contributed by atoms with Gasteiger partial charge in [-0.05, 0) is 25.7 Å². The maximum Gasteiger partial charge on any atom is 0.320 e. The van der Waals surface area contributed by atoms with Gasteiger partial charge >= 0.3 is 6.03 Å². The van der Waals surface area contributed by atoms with Crippen LogP contribution in [0.4, 0.5) is 16.6 Å². The Kier molecular flexibility index (Phi) is 3.20. The smallest absolute Gasteiger partial charge is 0.320 e.